The quantitative estimate of drug-likeness (QED) is 0.392. The summed E-state index contributed by atoms with van der Waals surface area (Å²) in [7, 11) is 0. The Kier molecular flexibility index (Phi) is 5.81. The Morgan fingerprint density at radius 2 is 1.81 bits per heavy atom. The highest BCUT2D eigenvalue weighted by atomic mass is 19.1. The van der Waals surface area contributed by atoms with E-state index in [1.807, 2.05) is 57.5 Å². The summed E-state index contributed by atoms with van der Waals surface area (Å²) in [6, 6.07) is 4.94. The summed E-state index contributed by atoms with van der Waals surface area (Å²) in [4.78, 5) is 36.3. The van der Waals surface area contributed by atoms with Crippen LogP contribution in [0.4, 0.5) is 9.18 Å². The zero-order valence-electron chi connectivity index (χ0n) is 21.2. The second kappa shape index (κ2) is 8.72. The van der Waals surface area contributed by atoms with Gasteiger partial charge in [0.25, 0.3) is 5.56 Å². The molecule has 36 heavy (non-hydrogen) atoms. The molecule has 0 N–H and O–H groups in total. The molecule has 8 nitrogen and oxygen atoms in total. The lowest BCUT2D eigenvalue weighted by Crippen LogP contribution is -2.43. The van der Waals surface area contributed by atoms with Gasteiger partial charge in [0.15, 0.2) is 0 Å². The minimum Gasteiger partial charge on any atom is -0.444 e. The van der Waals surface area contributed by atoms with Gasteiger partial charge in [-0.2, -0.15) is 0 Å². The molecule has 0 atom stereocenters. The molecular weight excluding hydrogens is 461 g/mol. The molecule has 1 fully saturated rings. The van der Waals surface area contributed by atoms with Crippen LogP contribution in [0.3, 0.4) is 0 Å². The van der Waals surface area contributed by atoms with Crippen LogP contribution in [0.1, 0.15) is 50.9 Å². The highest BCUT2D eigenvalue weighted by molar-refractivity contribution is 5.84. The molecule has 1 aromatic carbocycles. The van der Waals surface area contributed by atoms with E-state index in [4.69, 9.17) is 4.74 Å². The summed E-state index contributed by atoms with van der Waals surface area (Å²) in [5.41, 5.74) is 3.54. The van der Waals surface area contributed by atoms with Crippen molar-refractivity contribution in [3.05, 3.63) is 64.3 Å². The molecule has 0 unspecified atom stereocenters. The number of carbonyl (C=O) groups is 1. The van der Waals surface area contributed by atoms with E-state index < -0.39 is 17.0 Å². The van der Waals surface area contributed by atoms with Crippen LogP contribution in [0.15, 0.2) is 41.7 Å². The third kappa shape index (κ3) is 4.45. The molecule has 0 radical (unpaired) electrons. The Morgan fingerprint density at radius 1 is 1.08 bits per heavy atom. The number of aryl methyl sites for hydroxylation is 2. The maximum absolute atomic E-state index is 15.3. The summed E-state index contributed by atoms with van der Waals surface area (Å²) in [5, 5.41) is -0.0212. The summed E-state index contributed by atoms with van der Waals surface area (Å²) < 4.78 is 24.2. The van der Waals surface area contributed by atoms with Crippen LogP contribution < -0.4 is 5.56 Å². The number of rotatable bonds is 2. The van der Waals surface area contributed by atoms with Gasteiger partial charge in [0.2, 0.25) is 0 Å². The van der Waals surface area contributed by atoms with E-state index in [1.54, 1.807) is 11.0 Å². The molecule has 9 heteroatoms. The first-order valence-electron chi connectivity index (χ1n) is 12.1. The molecule has 1 aliphatic rings. The number of benzene rings is 1. The fourth-order valence-corrected chi connectivity index (χ4v) is 4.84. The lowest BCUT2D eigenvalue weighted by Gasteiger charge is -2.34. The summed E-state index contributed by atoms with van der Waals surface area (Å²) >= 11 is 0. The van der Waals surface area contributed by atoms with Crippen LogP contribution in [0.25, 0.3) is 27.7 Å². The van der Waals surface area contributed by atoms with Crippen molar-refractivity contribution in [3.8, 4) is 11.1 Å². The molecule has 0 saturated carbocycles. The smallest absolute Gasteiger partial charge is 0.410 e. The van der Waals surface area contributed by atoms with E-state index in [1.165, 1.54) is 17.0 Å². The number of fused-ring (bicyclic) bond motifs is 2. The second-order valence-corrected chi connectivity index (χ2v) is 10.5. The maximum atomic E-state index is 15.3. The number of halogens is 1. The number of amides is 1. The third-order valence-electron chi connectivity index (χ3n) is 6.54. The van der Waals surface area contributed by atoms with Crippen LogP contribution >= 0.6 is 0 Å². The average molecular weight is 492 g/mol. The second-order valence-electron chi connectivity index (χ2n) is 10.5. The molecule has 4 heterocycles. The van der Waals surface area contributed by atoms with Crippen molar-refractivity contribution in [2.45, 2.75) is 59.1 Å². The maximum Gasteiger partial charge on any atom is 0.410 e. The SMILES string of the molecule is Cc1cn2cc(-c3cc(F)c4c(=O)n(C5CCN(C(=O)OC(C)(C)C)CC5)cnc4c3)cc(C)c2n1. The molecule has 0 bridgehead atoms. The number of hydrogen-bond acceptors (Lipinski definition) is 5. The predicted molar refractivity (Wildman–Crippen MR) is 136 cm³/mol. The molecule has 3 aromatic heterocycles. The van der Waals surface area contributed by atoms with Gasteiger partial charge in [0.05, 0.1) is 17.5 Å². The summed E-state index contributed by atoms with van der Waals surface area (Å²) in [6.07, 6.45) is 6.10. The highest BCUT2D eigenvalue weighted by Crippen LogP contribution is 2.28. The molecule has 4 aromatic rings. The Hall–Kier alpha value is -3.75. The Morgan fingerprint density at radius 3 is 2.50 bits per heavy atom. The molecule has 1 amide bonds. The van der Waals surface area contributed by atoms with Gasteiger partial charge in [0, 0.05) is 31.5 Å². The summed E-state index contributed by atoms with van der Waals surface area (Å²) in [5.74, 6) is -0.597. The highest BCUT2D eigenvalue weighted by Gasteiger charge is 2.28. The Labute approximate surface area is 208 Å². The largest absolute Gasteiger partial charge is 0.444 e. The first-order valence-corrected chi connectivity index (χ1v) is 12.1. The van der Waals surface area contributed by atoms with Crippen LogP contribution in [0.5, 0.6) is 0 Å². The van der Waals surface area contributed by atoms with Crippen molar-refractivity contribution in [2.75, 3.05) is 13.1 Å². The third-order valence-corrected chi connectivity index (χ3v) is 6.54. The van der Waals surface area contributed by atoms with Gasteiger partial charge in [-0.25, -0.2) is 19.2 Å². The fourth-order valence-electron chi connectivity index (χ4n) is 4.84. The minimum atomic E-state index is -0.597. The van der Waals surface area contributed by atoms with Gasteiger partial charge in [-0.15, -0.1) is 0 Å². The standard InChI is InChI=1S/C27H30FN5O3/c1-16-10-19(14-32-13-17(2)30-24(16)32)18-11-21(28)23-22(12-18)29-15-33(25(23)34)20-6-8-31(9-7-20)26(35)36-27(3,4)5/h10-15,20H,6-9H2,1-5H3. The summed E-state index contributed by atoms with van der Waals surface area (Å²) in [6.45, 7) is 10.3. The van der Waals surface area contributed by atoms with Gasteiger partial charge < -0.3 is 14.0 Å². The first-order chi connectivity index (χ1) is 17.0. The van der Waals surface area contributed by atoms with Crippen molar-refractivity contribution in [3.63, 3.8) is 0 Å². The van der Waals surface area contributed by atoms with E-state index in [0.29, 0.717) is 37.0 Å². The van der Waals surface area contributed by atoms with E-state index in [9.17, 15) is 9.59 Å². The number of nitrogens with zero attached hydrogens (tertiary/aromatic N) is 5. The number of likely N-dealkylation sites (tertiary alicyclic amines) is 1. The monoisotopic (exact) mass is 491 g/mol. The number of hydrogen-bond donors (Lipinski definition) is 0. The van der Waals surface area contributed by atoms with Crippen LogP contribution in [-0.2, 0) is 4.74 Å². The average Bonchev–Trinajstić information content (AvgIpc) is 3.19. The lowest BCUT2D eigenvalue weighted by molar-refractivity contribution is 0.0187. The molecule has 188 valence electrons. The van der Waals surface area contributed by atoms with Crippen LogP contribution in [-0.4, -0.2) is 48.6 Å². The number of pyridine rings is 1. The van der Waals surface area contributed by atoms with E-state index >= 15 is 4.39 Å². The first kappa shape index (κ1) is 24.0. The Bertz CT molecular complexity index is 1540. The molecule has 5 rings (SSSR count). The minimum absolute atomic E-state index is 0.0212. The molecular formula is C27H30FN5O3. The molecule has 0 spiro atoms. The van der Waals surface area contributed by atoms with Crippen molar-refractivity contribution < 1.29 is 13.9 Å². The number of ether oxygens (including phenoxy) is 1. The predicted octanol–water partition coefficient (Wildman–Crippen LogP) is 5.04. The zero-order valence-corrected chi connectivity index (χ0v) is 21.2. The number of aromatic nitrogens is 4. The van der Waals surface area contributed by atoms with Gasteiger partial charge in [-0.1, -0.05) is 0 Å². The van der Waals surface area contributed by atoms with Crippen molar-refractivity contribution in [1.82, 2.24) is 23.8 Å². The molecule has 0 aliphatic carbocycles. The van der Waals surface area contributed by atoms with Gasteiger partial charge in [0.1, 0.15) is 22.5 Å². The van der Waals surface area contributed by atoms with Crippen LogP contribution in [0.2, 0.25) is 0 Å². The molecule has 1 saturated heterocycles. The van der Waals surface area contributed by atoms with E-state index in [-0.39, 0.29) is 17.5 Å². The van der Waals surface area contributed by atoms with E-state index in [2.05, 4.69) is 9.97 Å². The van der Waals surface area contributed by atoms with Gasteiger partial charge >= 0.3 is 6.09 Å². The number of piperidine rings is 1. The molecule has 1 aliphatic heterocycles. The lowest BCUT2D eigenvalue weighted by atomic mass is 10.0. The number of imidazole rings is 1. The zero-order chi connectivity index (χ0) is 25.8. The fraction of sp³-hybridized carbons (Fsp3) is 0.407. The van der Waals surface area contributed by atoms with Gasteiger partial charge in [-0.05, 0) is 82.3 Å². The topological polar surface area (TPSA) is 81.7 Å². The van der Waals surface area contributed by atoms with Crippen molar-refractivity contribution >= 4 is 22.6 Å². The Balaban J connectivity index is 1.43. The van der Waals surface area contributed by atoms with Crippen molar-refractivity contribution in [2.24, 2.45) is 0 Å². The van der Waals surface area contributed by atoms with Crippen LogP contribution in [0, 0.1) is 19.7 Å². The van der Waals surface area contributed by atoms with Crippen molar-refractivity contribution in [1.29, 1.82) is 0 Å². The normalized spacial score (nSPS) is 15.1. The number of carbonyl (C=O) groups excluding carboxylic acids is 1. The van der Waals surface area contributed by atoms with Gasteiger partial charge in [-0.3, -0.25) is 9.36 Å². The van der Waals surface area contributed by atoms with E-state index in [0.717, 1.165) is 22.5 Å².